The van der Waals surface area contributed by atoms with Crippen LogP contribution in [0.5, 0.6) is 11.5 Å². The molecule has 0 aliphatic heterocycles. The maximum Gasteiger partial charge on any atom is 0.337 e. The molecule has 0 heterocycles. The van der Waals surface area contributed by atoms with Crippen molar-refractivity contribution in [3.8, 4) is 11.5 Å². The van der Waals surface area contributed by atoms with E-state index < -0.39 is 5.97 Å². The molecule has 182 valence electrons. The maximum absolute atomic E-state index is 11.8. The molecule has 1 aromatic rings. The summed E-state index contributed by atoms with van der Waals surface area (Å²) in [5.74, 6) is 1.51. The van der Waals surface area contributed by atoms with Crippen molar-refractivity contribution in [2.45, 2.75) is 61.3 Å². The first-order valence-corrected chi connectivity index (χ1v) is 11.4. The summed E-state index contributed by atoms with van der Waals surface area (Å²) in [4.78, 5) is 18.7. The number of hydrogen-bond donors (Lipinski definition) is 0. The summed E-state index contributed by atoms with van der Waals surface area (Å²) in [6.45, 7) is 19.5. The predicted octanol–water partition coefficient (Wildman–Crippen LogP) is 6.26. The lowest BCUT2D eigenvalue weighted by molar-refractivity contribution is -0.135. The van der Waals surface area contributed by atoms with Crippen LogP contribution in [0.2, 0.25) is 0 Å². The van der Waals surface area contributed by atoms with Crippen LogP contribution in [0.3, 0.4) is 0 Å². The van der Waals surface area contributed by atoms with Gasteiger partial charge in [0.2, 0.25) is 0 Å². The Morgan fingerprint density at radius 1 is 1.06 bits per heavy atom. The van der Waals surface area contributed by atoms with Crippen molar-refractivity contribution in [1.82, 2.24) is 4.90 Å². The van der Waals surface area contributed by atoms with Gasteiger partial charge in [-0.2, -0.15) is 0 Å². The fourth-order valence-electron chi connectivity index (χ4n) is 2.62. The highest BCUT2D eigenvalue weighted by Crippen LogP contribution is 2.28. The topological polar surface area (TPSA) is 60.4 Å². The minimum absolute atomic E-state index is 0.260. The highest BCUT2D eigenvalue weighted by Gasteiger charge is 2.13. The summed E-state index contributed by atoms with van der Waals surface area (Å²) in [5, 5.41) is 0. The second-order valence-corrected chi connectivity index (χ2v) is 6.22. The lowest BCUT2D eigenvalue weighted by Gasteiger charge is -2.24. The van der Waals surface area contributed by atoms with E-state index in [1.54, 1.807) is 20.3 Å². The van der Waals surface area contributed by atoms with E-state index in [1.807, 2.05) is 52.8 Å². The van der Waals surface area contributed by atoms with Crippen molar-refractivity contribution < 1.29 is 19.0 Å². The average molecular weight is 449 g/mol. The molecule has 6 heteroatoms. The van der Waals surface area contributed by atoms with Crippen LogP contribution in [0.1, 0.15) is 66.9 Å². The van der Waals surface area contributed by atoms with Crippen molar-refractivity contribution in [3.05, 3.63) is 47.8 Å². The SMILES string of the molecule is C=C(/C=C(\N=C(/C)c1ccc(OC)c(OC)c1)N(CC)CCCC)C(=O)OC.CC.CC. The summed E-state index contributed by atoms with van der Waals surface area (Å²) in [6.07, 6.45) is 3.77. The molecule has 0 bridgehead atoms. The van der Waals surface area contributed by atoms with Crippen LogP contribution >= 0.6 is 0 Å². The molecule has 0 saturated heterocycles. The quantitative estimate of drug-likeness (QED) is 0.173. The molecule has 0 fully saturated rings. The second kappa shape index (κ2) is 19.0. The van der Waals surface area contributed by atoms with Gasteiger partial charge in [0.15, 0.2) is 11.5 Å². The van der Waals surface area contributed by atoms with E-state index in [-0.39, 0.29) is 5.57 Å². The number of hydrogen-bond acceptors (Lipinski definition) is 6. The van der Waals surface area contributed by atoms with E-state index in [0.717, 1.165) is 37.2 Å². The summed E-state index contributed by atoms with van der Waals surface area (Å²) < 4.78 is 15.5. The van der Waals surface area contributed by atoms with Crippen LogP contribution in [0.25, 0.3) is 0 Å². The Labute approximate surface area is 196 Å². The second-order valence-electron chi connectivity index (χ2n) is 6.22. The third-order valence-corrected chi connectivity index (χ3v) is 4.32. The highest BCUT2D eigenvalue weighted by molar-refractivity contribution is 6.00. The number of benzene rings is 1. The summed E-state index contributed by atoms with van der Waals surface area (Å²) in [7, 11) is 4.54. The Morgan fingerprint density at radius 3 is 2.12 bits per heavy atom. The molecular weight excluding hydrogens is 404 g/mol. The van der Waals surface area contributed by atoms with Crippen molar-refractivity contribution >= 4 is 11.7 Å². The molecule has 0 unspecified atom stereocenters. The van der Waals surface area contributed by atoms with E-state index in [1.165, 1.54) is 7.11 Å². The van der Waals surface area contributed by atoms with Gasteiger partial charge in [0.05, 0.1) is 26.9 Å². The number of unbranched alkanes of at least 4 members (excludes halogenated alkanes) is 1. The van der Waals surface area contributed by atoms with Gasteiger partial charge in [-0.05, 0) is 50.1 Å². The smallest absolute Gasteiger partial charge is 0.337 e. The normalized spacial score (nSPS) is 10.7. The Kier molecular flexibility index (Phi) is 18.6. The molecule has 0 amide bonds. The lowest BCUT2D eigenvalue weighted by atomic mass is 10.1. The number of carbonyl (C=O) groups is 1. The van der Waals surface area contributed by atoms with Gasteiger partial charge in [-0.15, -0.1) is 0 Å². The number of methoxy groups -OCH3 is 3. The molecule has 0 saturated carbocycles. The van der Waals surface area contributed by atoms with Crippen molar-refractivity contribution in [2.24, 2.45) is 4.99 Å². The van der Waals surface area contributed by atoms with E-state index in [9.17, 15) is 4.79 Å². The monoisotopic (exact) mass is 448 g/mol. The molecule has 0 aromatic heterocycles. The molecule has 1 rings (SSSR count). The largest absolute Gasteiger partial charge is 0.493 e. The van der Waals surface area contributed by atoms with Crippen LogP contribution < -0.4 is 9.47 Å². The van der Waals surface area contributed by atoms with Crippen molar-refractivity contribution in [1.29, 1.82) is 0 Å². The van der Waals surface area contributed by atoms with Gasteiger partial charge in [0.25, 0.3) is 0 Å². The van der Waals surface area contributed by atoms with Gasteiger partial charge in [-0.3, -0.25) is 0 Å². The zero-order valence-electron chi connectivity index (χ0n) is 21.9. The zero-order chi connectivity index (χ0) is 25.1. The fraction of sp³-hybridized carbons (Fsp3) is 0.538. The van der Waals surface area contributed by atoms with Gasteiger partial charge in [0, 0.05) is 18.8 Å². The third kappa shape index (κ3) is 10.5. The molecule has 0 radical (unpaired) electrons. The molecule has 6 nitrogen and oxygen atoms in total. The van der Waals surface area contributed by atoms with Crippen LogP contribution in [0.4, 0.5) is 0 Å². The summed E-state index contributed by atoms with van der Waals surface area (Å²) in [5.41, 5.74) is 1.95. The maximum atomic E-state index is 11.8. The van der Waals surface area contributed by atoms with E-state index in [2.05, 4.69) is 25.3 Å². The first-order valence-electron chi connectivity index (χ1n) is 11.4. The predicted molar refractivity (Wildman–Crippen MR) is 136 cm³/mol. The summed E-state index contributed by atoms with van der Waals surface area (Å²) in [6, 6.07) is 5.65. The fourth-order valence-corrected chi connectivity index (χ4v) is 2.62. The van der Waals surface area contributed by atoms with E-state index in [0.29, 0.717) is 17.3 Å². The molecule has 1 aromatic carbocycles. The highest BCUT2D eigenvalue weighted by atomic mass is 16.5. The van der Waals surface area contributed by atoms with E-state index in [4.69, 9.17) is 19.2 Å². The first-order chi connectivity index (χ1) is 15.4. The zero-order valence-corrected chi connectivity index (χ0v) is 21.9. The number of esters is 1. The van der Waals surface area contributed by atoms with Gasteiger partial charge < -0.3 is 19.1 Å². The number of aliphatic imine (C=N–C) groups is 1. The van der Waals surface area contributed by atoms with E-state index >= 15 is 0 Å². The van der Waals surface area contributed by atoms with Gasteiger partial charge in [0.1, 0.15) is 5.82 Å². The van der Waals surface area contributed by atoms with Gasteiger partial charge in [-0.25, -0.2) is 9.79 Å². The minimum Gasteiger partial charge on any atom is -0.493 e. The van der Waals surface area contributed by atoms with Crippen LogP contribution in [0, 0.1) is 0 Å². The van der Waals surface area contributed by atoms with Crippen molar-refractivity contribution in [2.75, 3.05) is 34.4 Å². The lowest BCUT2D eigenvalue weighted by Crippen LogP contribution is -2.24. The molecule has 32 heavy (non-hydrogen) atoms. The number of ether oxygens (including phenoxy) is 3. The molecule has 0 N–H and O–H groups in total. The van der Waals surface area contributed by atoms with Crippen LogP contribution in [-0.2, 0) is 9.53 Å². The van der Waals surface area contributed by atoms with Crippen LogP contribution in [-0.4, -0.2) is 51.0 Å². The first kappa shape index (κ1) is 31.4. The number of rotatable bonds is 11. The summed E-state index contributed by atoms with van der Waals surface area (Å²) >= 11 is 0. The number of carbonyl (C=O) groups excluding carboxylic acids is 1. The molecule has 0 aliphatic rings. The molecule has 0 atom stereocenters. The Morgan fingerprint density at radius 2 is 1.66 bits per heavy atom. The number of nitrogens with zero attached hydrogens (tertiary/aromatic N) is 2. The molecular formula is C26H44N2O4. The van der Waals surface area contributed by atoms with Gasteiger partial charge in [-0.1, -0.05) is 47.6 Å². The molecule has 0 aliphatic carbocycles. The Balaban J connectivity index is 0. The average Bonchev–Trinajstić information content (AvgIpc) is 2.85. The van der Waals surface area contributed by atoms with Crippen LogP contribution in [0.15, 0.2) is 47.2 Å². The van der Waals surface area contributed by atoms with Crippen molar-refractivity contribution in [3.63, 3.8) is 0 Å². The Bertz CT molecular complexity index is 739. The molecule has 0 spiro atoms. The minimum atomic E-state index is -0.469. The Hall–Kier alpha value is -2.76. The van der Waals surface area contributed by atoms with Gasteiger partial charge >= 0.3 is 5.97 Å². The third-order valence-electron chi connectivity index (χ3n) is 4.32. The standard InChI is InChI=1S/C22H32N2O4.2C2H6/c1-8-10-13-24(9-2)21(14-16(3)22(25)28-7)23-17(4)18-11-12-19(26-5)20(15-18)27-6;2*1-2/h11-12,14-15H,3,8-10,13H2,1-2,4-7H3;2*1-2H3/b21-14+,23-17+;;.